The van der Waals surface area contributed by atoms with Crippen molar-refractivity contribution in [1.82, 2.24) is 15.0 Å². The van der Waals surface area contributed by atoms with Crippen LogP contribution < -0.4 is 4.74 Å². The molecule has 0 spiro atoms. The Morgan fingerprint density at radius 1 is 1.00 bits per heavy atom. The van der Waals surface area contributed by atoms with Crippen LogP contribution in [0.4, 0.5) is 0 Å². The zero-order valence-corrected chi connectivity index (χ0v) is 17.2. The maximum absolute atomic E-state index is 12.3. The van der Waals surface area contributed by atoms with Crippen LogP contribution in [0.2, 0.25) is 0 Å². The van der Waals surface area contributed by atoms with Gasteiger partial charge < -0.3 is 9.72 Å². The second kappa shape index (κ2) is 7.33. The smallest absolute Gasteiger partial charge is 0.180 e. The first-order valence-electron chi connectivity index (χ1n) is 9.23. The minimum Gasteiger partial charge on any atom is -0.497 e. The molecule has 2 aromatic carbocycles. The van der Waals surface area contributed by atoms with Gasteiger partial charge >= 0.3 is 0 Å². The average Bonchev–Trinajstić information content (AvgIpc) is 3.17. The van der Waals surface area contributed by atoms with Crippen LogP contribution >= 0.6 is 0 Å². The van der Waals surface area contributed by atoms with Gasteiger partial charge in [0.15, 0.2) is 15.5 Å². The van der Waals surface area contributed by atoms with Crippen LogP contribution in [0.15, 0.2) is 65.8 Å². The number of H-pyrrole nitrogens is 1. The summed E-state index contributed by atoms with van der Waals surface area (Å²) in [5, 5.41) is -0.462. The molecule has 0 aliphatic rings. The summed E-state index contributed by atoms with van der Waals surface area (Å²) in [4.78, 5) is 12.7. The number of sulfone groups is 1. The Labute approximate surface area is 171 Å². The molecule has 0 saturated carbocycles. The van der Waals surface area contributed by atoms with Crippen LogP contribution in [-0.2, 0) is 9.84 Å². The first-order chi connectivity index (χ1) is 13.9. The lowest BCUT2D eigenvalue weighted by Crippen LogP contribution is -2.13. The highest BCUT2D eigenvalue weighted by molar-refractivity contribution is 7.92. The number of hydrogen-bond acceptors (Lipinski definition) is 5. The molecule has 1 N–H and O–H groups in total. The SMILES string of the molecule is COc1ccc(-c2c[nH]c3ncc(-c4ccc(S(=O)(=O)C(C)C)cc4)nc23)cc1.[HH]. The van der Waals surface area contributed by atoms with Gasteiger partial charge in [0.05, 0.1) is 29.1 Å². The Morgan fingerprint density at radius 3 is 2.28 bits per heavy atom. The third-order valence-corrected chi connectivity index (χ3v) is 7.05. The molecule has 150 valence electrons. The summed E-state index contributed by atoms with van der Waals surface area (Å²) in [6.07, 6.45) is 3.57. The Morgan fingerprint density at radius 2 is 1.66 bits per heavy atom. The van der Waals surface area contributed by atoms with Gasteiger partial charge in [-0.15, -0.1) is 0 Å². The Balaban J connectivity index is 0.00000256. The van der Waals surface area contributed by atoms with E-state index in [1.165, 1.54) is 0 Å². The number of ether oxygens (including phenoxy) is 1. The highest BCUT2D eigenvalue weighted by Crippen LogP contribution is 2.30. The van der Waals surface area contributed by atoms with E-state index in [0.717, 1.165) is 28.0 Å². The monoisotopic (exact) mass is 409 g/mol. The van der Waals surface area contributed by atoms with Crippen LogP contribution in [0, 0.1) is 0 Å². The highest BCUT2D eigenvalue weighted by atomic mass is 32.2. The van der Waals surface area contributed by atoms with Gasteiger partial charge in [0.2, 0.25) is 0 Å². The lowest BCUT2D eigenvalue weighted by Gasteiger charge is -2.08. The first kappa shape index (κ1) is 19.1. The van der Waals surface area contributed by atoms with Crippen molar-refractivity contribution in [3.8, 4) is 28.1 Å². The standard InChI is InChI=1S/C22H21N3O3S.H2/c1-14(2)29(26,27)18-10-6-16(7-11-18)20-13-24-22-21(25-20)19(12-23-22)15-4-8-17(28-3)9-5-15;/h4-14H,1-3H3,(H,23,24);1H. The molecule has 4 aromatic rings. The molecule has 2 aromatic heterocycles. The third kappa shape index (κ3) is 3.49. The second-order valence-corrected chi connectivity index (χ2v) is 9.51. The summed E-state index contributed by atoms with van der Waals surface area (Å²) >= 11 is 0. The second-order valence-electron chi connectivity index (χ2n) is 7.00. The number of fused-ring (bicyclic) bond motifs is 1. The molecule has 0 aliphatic heterocycles. The van der Waals surface area contributed by atoms with Gasteiger partial charge in [0.25, 0.3) is 0 Å². The van der Waals surface area contributed by atoms with E-state index in [2.05, 4.69) is 9.97 Å². The molecule has 0 unspecified atom stereocenters. The van der Waals surface area contributed by atoms with Crippen molar-refractivity contribution < 1.29 is 14.6 Å². The van der Waals surface area contributed by atoms with Gasteiger partial charge in [-0.2, -0.15) is 0 Å². The molecule has 29 heavy (non-hydrogen) atoms. The summed E-state index contributed by atoms with van der Waals surface area (Å²) < 4.78 is 29.9. The van der Waals surface area contributed by atoms with Gasteiger partial charge in [0.1, 0.15) is 11.3 Å². The van der Waals surface area contributed by atoms with Crippen molar-refractivity contribution in [1.29, 1.82) is 0 Å². The van der Waals surface area contributed by atoms with Gasteiger partial charge in [-0.05, 0) is 43.7 Å². The molecule has 0 fully saturated rings. The number of hydrogen-bond donors (Lipinski definition) is 1. The zero-order valence-electron chi connectivity index (χ0n) is 16.4. The number of nitrogens with one attached hydrogen (secondary N) is 1. The summed E-state index contributed by atoms with van der Waals surface area (Å²) in [5.41, 5.74) is 4.88. The quantitative estimate of drug-likeness (QED) is 0.515. The number of methoxy groups -OCH3 is 1. The minimum atomic E-state index is -3.30. The van der Waals surface area contributed by atoms with Gasteiger partial charge in [-0.1, -0.05) is 24.3 Å². The lowest BCUT2D eigenvalue weighted by atomic mass is 10.1. The van der Waals surface area contributed by atoms with E-state index in [-0.39, 0.29) is 1.43 Å². The normalized spacial score (nSPS) is 11.9. The largest absolute Gasteiger partial charge is 0.497 e. The van der Waals surface area contributed by atoms with Crippen molar-refractivity contribution in [3.63, 3.8) is 0 Å². The van der Waals surface area contributed by atoms with E-state index < -0.39 is 15.1 Å². The fourth-order valence-corrected chi connectivity index (χ4v) is 4.17. The minimum absolute atomic E-state index is 0. The van der Waals surface area contributed by atoms with E-state index in [1.807, 2.05) is 30.5 Å². The maximum Gasteiger partial charge on any atom is 0.180 e. The van der Waals surface area contributed by atoms with Crippen molar-refractivity contribution in [2.45, 2.75) is 24.0 Å². The molecule has 6 nitrogen and oxygen atoms in total. The van der Waals surface area contributed by atoms with Crippen LogP contribution in [0.25, 0.3) is 33.5 Å². The molecule has 0 aliphatic carbocycles. The molecule has 4 rings (SSSR count). The molecule has 0 atom stereocenters. The summed E-state index contributed by atoms with van der Waals surface area (Å²) in [6, 6.07) is 14.5. The highest BCUT2D eigenvalue weighted by Gasteiger charge is 2.19. The van der Waals surface area contributed by atoms with E-state index in [0.29, 0.717) is 16.2 Å². The van der Waals surface area contributed by atoms with E-state index in [1.54, 1.807) is 51.4 Å². The number of aromatic amines is 1. The summed E-state index contributed by atoms with van der Waals surface area (Å²) in [5.74, 6) is 0.789. The van der Waals surface area contributed by atoms with Crippen LogP contribution in [-0.4, -0.2) is 35.7 Å². The number of rotatable bonds is 5. The van der Waals surface area contributed by atoms with Crippen LogP contribution in [0.3, 0.4) is 0 Å². The molecule has 0 radical (unpaired) electrons. The van der Waals surface area contributed by atoms with Gasteiger partial charge in [0, 0.05) is 18.8 Å². The number of benzene rings is 2. The number of nitrogens with zero attached hydrogens (tertiary/aromatic N) is 2. The summed E-state index contributed by atoms with van der Waals surface area (Å²) in [7, 11) is -1.67. The zero-order chi connectivity index (χ0) is 20.6. The molecule has 0 bridgehead atoms. The molecule has 0 saturated heterocycles. The van der Waals surface area contributed by atoms with Gasteiger partial charge in [-0.25, -0.2) is 18.4 Å². The van der Waals surface area contributed by atoms with Crippen molar-refractivity contribution in [2.75, 3.05) is 7.11 Å². The Bertz CT molecular complexity index is 1270. The topological polar surface area (TPSA) is 84.9 Å². The Hall–Kier alpha value is -3.19. The lowest BCUT2D eigenvalue weighted by molar-refractivity contribution is 0.415. The average molecular weight is 410 g/mol. The summed E-state index contributed by atoms with van der Waals surface area (Å²) in [6.45, 7) is 3.35. The molecule has 2 heterocycles. The van der Waals surface area contributed by atoms with E-state index in [9.17, 15) is 8.42 Å². The van der Waals surface area contributed by atoms with Crippen LogP contribution in [0.1, 0.15) is 15.3 Å². The van der Waals surface area contributed by atoms with Gasteiger partial charge in [-0.3, -0.25) is 0 Å². The first-order valence-corrected chi connectivity index (χ1v) is 10.8. The molecular formula is C22H23N3O3S. The third-order valence-electron chi connectivity index (χ3n) is 4.88. The molecule has 7 heteroatoms. The van der Waals surface area contributed by atoms with Crippen LogP contribution in [0.5, 0.6) is 5.75 Å². The number of aromatic nitrogens is 3. The predicted molar refractivity (Wildman–Crippen MR) is 116 cm³/mol. The Kier molecular flexibility index (Phi) is 4.84. The van der Waals surface area contributed by atoms with E-state index >= 15 is 0 Å². The van der Waals surface area contributed by atoms with Crippen molar-refractivity contribution >= 4 is 21.0 Å². The van der Waals surface area contributed by atoms with Crippen molar-refractivity contribution in [2.24, 2.45) is 0 Å². The molecular weight excluding hydrogens is 386 g/mol. The fraction of sp³-hybridized carbons (Fsp3) is 0.182. The maximum atomic E-state index is 12.3. The predicted octanol–water partition coefficient (Wildman–Crippen LogP) is 4.73. The van der Waals surface area contributed by atoms with E-state index in [4.69, 9.17) is 9.72 Å². The molecule has 0 amide bonds. The van der Waals surface area contributed by atoms with Crippen molar-refractivity contribution in [3.05, 3.63) is 60.9 Å². The fourth-order valence-electron chi connectivity index (χ4n) is 3.11.